The van der Waals surface area contributed by atoms with E-state index in [1.54, 1.807) is 0 Å². The molecule has 122 valence electrons. The molecule has 3 rings (SSSR count). The predicted molar refractivity (Wildman–Crippen MR) is 90.6 cm³/mol. The molecule has 2 aliphatic carbocycles. The maximum Gasteiger partial charge on any atom is 0.0249 e. The summed E-state index contributed by atoms with van der Waals surface area (Å²) in [6.45, 7) is 6.31. The fourth-order valence-corrected chi connectivity index (χ4v) is 5.22. The molecule has 0 radical (unpaired) electrons. The highest BCUT2D eigenvalue weighted by atomic mass is 15.2. The Bertz CT molecular complexity index is 304. The molecule has 2 heteroatoms. The molecule has 0 spiro atoms. The van der Waals surface area contributed by atoms with Gasteiger partial charge >= 0.3 is 0 Å². The lowest BCUT2D eigenvalue weighted by Crippen LogP contribution is -2.54. The van der Waals surface area contributed by atoms with Gasteiger partial charge in [-0.25, -0.2) is 0 Å². The van der Waals surface area contributed by atoms with Gasteiger partial charge < -0.3 is 5.32 Å². The van der Waals surface area contributed by atoms with Crippen molar-refractivity contribution in [2.45, 2.75) is 89.6 Å². The second-order valence-electron chi connectivity index (χ2n) is 7.85. The fraction of sp³-hybridized carbons (Fsp3) is 1.00. The molecule has 1 heterocycles. The molecule has 4 atom stereocenters. The minimum Gasteiger partial charge on any atom is -0.312 e. The highest BCUT2D eigenvalue weighted by molar-refractivity contribution is 4.92. The standard InChI is InChI=1S/C19H36N2/c1-2-13-20-18-10-4-3-5-11-19(18)21-14-12-16-8-6-7-9-17(16)15-21/h16-20H,2-15H2,1H3. The Morgan fingerprint density at radius 1 is 0.857 bits per heavy atom. The first-order valence-corrected chi connectivity index (χ1v) is 9.86. The largest absolute Gasteiger partial charge is 0.312 e. The number of rotatable bonds is 4. The average molecular weight is 293 g/mol. The van der Waals surface area contributed by atoms with Gasteiger partial charge in [-0.05, 0) is 57.0 Å². The zero-order valence-corrected chi connectivity index (χ0v) is 14.2. The van der Waals surface area contributed by atoms with E-state index in [2.05, 4.69) is 17.1 Å². The highest BCUT2D eigenvalue weighted by Gasteiger charge is 2.36. The van der Waals surface area contributed by atoms with Gasteiger partial charge in [0.1, 0.15) is 0 Å². The van der Waals surface area contributed by atoms with Crippen molar-refractivity contribution in [2.75, 3.05) is 19.6 Å². The molecular formula is C19H36N2. The molecule has 3 aliphatic rings. The van der Waals surface area contributed by atoms with E-state index in [1.165, 1.54) is 90.3 Å². The third kappa shape index (κ3) is 4.01. The van der Waals surface area contributed by atoms with Crippen LogP contribution in [0.15, 0.2) is 0 Å². The van der Waals surface area contributed by atoms with Crippen LogP contribution < -0.4 is 5.32 Å². The van der Waals surface area contributed by atoms with Crippen LogP contribution in [0.1, 0.15) is 77.6 Å². The molecule has 1 aliphatic heterocycles. The zero-order valence-electron chi connectivity index (χ0n) is 14.2. The first-order valence-electron chi connectivity index (χ1n) is 9.86. The van der Waals surface area contributed by atoms with Crippen molar-refractivity contribution in [3.05, 3.63) is 0 Å². The molecule has 0 aromatic carbocycles. The number of piperidine rings is 1. The lowest BCUT2D eigenvalue weighted by Gasteiger charge is -2.46. The second kappa shape index (κ2) is 7.97. The van der Waals surface area contributed by atoms with E-state index in [0.29, 0.717) is 0 Å². The quantitative estimate of drug-likeness (QED) is 0.781. The van der Waals surface area contributed by atoms with Gasteiger partial charge in [-0.1, -0.05) is 45.4 Å². The fourth-order valence-electron chi connectivity index (χ4n) is 5.22. The second-order valence-corrected chi connectivity index (χ2v) is 7.85. The molecule has 1 N–H and O–H groups in total. The monoisotopic (exact) mass is 292 g/mol. The summed E-state index contributed by atoms with van der Waals surface area (Å²) in [5.74, 6) is 2.10. The van der Waals surface area contributed by atoms with E-state index < -0.39 is 0 Å². The van der Waals surface area contributed by atoms with Gasteiger partial charge in [0, 0.05) is 18.6 Å². The van der Waals surface area contributed by atoms with Crippen molar-refractivity contribution in [3.8, 4) is 0 Å². The van der Waals surface area contributed by atoms with Crippen LogP contribution >= 0.6 is 0 Å². The molecule has 0 aromatic rings. The molecule has 4 unspecified atom stereocenters. The van der Waals surface area contributed by atoms with E-state index in [0.717, 1.165) is 23.9 Å². The van der Waals surface area contributed by atoms with Crippen molar-refractivity contribution in [1.29, 1.82) is 0 Å². The highest BCUT2D eigenvalue weighted by Crippen LogP contribution is 2.38. The number of likely N-dealkylation sites (tertiary alicyclic amines) is 1. The van der Waals surface area contributed by atoms with Crippen LogP contribution in [0.25, 0.3) is 0 Å². The summed E-state index contributed by atoms with van der Waals surface area (Å²) in [6, 6.07) is 1.61. The van der Waals surface area contributed by atoms with Gasteiger partial charge in [0.15, 0.2) is 0 Å². The third-order valence-corrected chi connectivity index (χ3v) is 6.43. The van der Waals surface area contributed by atoms with Crippen LogP contribution in [-0.2, 0) is 0 Å². The summed E-state index contributed by atoms with van der Waals surface area (Å²) in [5, 5.41) is 3.89. The van der Waals surface area contributed by atoms with Gasteiger partial charge in [0.05, 0.1) is 0 Å². The molecule has 2 nitrogen and oxygen atoms in total. The van der Waals surface area contributed by atoms with E-state index >= 15 is 0 Å². The van der Waals surface area contributed by atoms with Gasteiger partial charge in [0.25, 0.3) is 0 Å². The van der Waals surface area contributed by atoms with Crippen LogP contribution in [0.2, 0.25) is 0 Å². The van der Waals surface area contributed by atoms with E-state index in [4.69, 9.17) is 0 Å². The molecule has 2 saturated carbocycles. The minimum absolute atomic E-state index is 0.771. The lowest BCUT2D eigenvalue weighted by molar-refractivity contribution is 0.0408. The summed E-state index contributed by atoms with van der Waals surface area (Å²) < 4.78 is 0. The maximum atomic E-state index is 3.89. The molecule has 21 heavy (non-hydrogen) atoms. The van der Waals surface area contributed by atoms with Crippen molar-refractivity contribution in [2.24, 2.45) is 11.8 Å². The molecular weight excluding hydrogens is 256 g/mol. The first-order chi connectivity index (χ1) is 10.4. The zero-order chi connectivity index (χ0) is 14.5. The van der Waals surface area contributed by atoms with Gasteiger partial charge in [-0.2, -0.15) is 0 Å². The normalized spacial score (nSPS) is 38.7. The van der Waals surface area contributed by atoms with Crippen molar-refractivity contribution in [1.82, 2.24) is 10.2 Å². The summed E-state index contributed by atoms with van der Waals surface area (Å²) in [4.78, 5) is 2.91. The number of hydrogen-bond acceptors (Lipinski definition) is 2. The Kier molecular flexibility index (Phi) is 5.99. The Morgan fingerprint density at radius 3 is 2.48 bits per heavy atom. The molecule has 1 saturated heterocycles. The van der Waals surface area contributed by atoms with Gasteiger partial charge in [0.2, 0.25) is 0 Å². The number of hydrogen-bond donors (Lipinski definition) is 1. The topological polar surface area (TPSA) is 15.3 Å². The Labute approximate surface area is 132 Å². The molecule has 0 bridgehead atoms. The summed E-state index contributed by atoms with van der Waals surface area (Å²) >= 11 is 0. The lowest BCUT2D eigenvalue weighted by atomic mass is 9.74. The van der Waals surface area contributed by atoms with Gasteiger partial charge in [-0.15, -0.1) is 0 Å². The Hall–Kier alpha value is -0.0800. The van der Waals surface area contributed by atoms with Crippen LogP contribution in [0.5, 0.6) is 0 Å². The van der Waals surface area contributed by atoms with Crippen LogP contribution in [-0.4, -0.2) is 36.6 Å². The smallest absolute Gasteiger partial charge is 0.0249 e. The molecule has 0 aromatic heterocycles. The summed E-state index contributed by atoms with van der Waals surface area (Å²) in [6.07, 6.45) is 16.0. The van der Waals surface area contributed by atoms with E-state index in [9.17, 15) is 0 Å². The summed E-state index contributed by atoms with van der Waals surface area (Å²) in [7, 11) is 0. The average Bonchev–Trinajstić information content (AvgIpc) is 2.78. The first kappa shape index (κ1) is 15.8. The Balaban J connectivity index is 1.61. The Morgan fingerprint density at radius 2 is 1.62 bits per heavy atom. The number of nitrogens with zero attached hydrogens (tertiary/aromatic N) is 1. The number of nitrogens with one attached hydrogen (secondary N) is 1. The number of fused-ring (bicyclic) bond motifs is 1. The third-order valence-electron chi connectivity index (χ3n) is 6.43. The maximum absolute atomic E-state index is 3.89. The SMILES string of the molecule is CCCNC1CCCCCC1N1CCC2CCCCC2C1. The van der Waals surface area contributed by atoms with E-state index in [-0.39, 0.29) is 0 Å². The van der Waals surface area contributed by atoms with E-state index in [1.807, 2.05) is 0 Å². The van der Waals surface area contributed by atoms with Crippen LogP contribution in [0.3, 0.4) is 0 Å². The van der Waals surface area contributed by atoms with Crippen LogP contribution in [0, 0.1) is 11.8 Å². The minimum atomic E-state index is 0.771. The summed E-state index contributed by atoms with van der Waals surface area (Å²) in [5.41, 5.74) is 0. The van der Waals surface area contributed by atoms with Crippen molar-refractivity contribution < 1.29 is 0 Å². The van der Waals surface area contributed by atoms with Crippen LogP contribution in [0.4, 0.5) is 0 Å². The van der Waals surface area contributed by atoms with Crippen molar-refractivity contribution >= 4 is 0 Å². The van der Waals surface area contributed by atoms with Crippen molar-refractivity contribution in [3.63, 3.8) is 0 Å². The molecule has 0 amide bonds. The molecule has 3 fully saturated rings. The van der Waals surface area contributed by atoms with Gasteiger partial charge in [-0.3, -0.25) is 4.90 Å². The predicted octanol–water partition coefficient (Wildman–Crippen LogP) is 4.20.